The molecule has 0 aliphatic rings. The summed E-state index contributed by atoms with van der Waals surface area (Å²) in [6.45, 7) is 5.81. The molecule has 4 nitrogen and oxygen atoms in total. The van der Waals surface area contributed by atoms with Crippen LogP contribution in [0, 0.1) is 17.8 Å². The van der Waals surface area contributed by atoms with Crippen molar-refractivity contribution in [2.45, 2.75) is 33.5 Å². The van der Waals surface area contributed by atoms with Crippen LogP contribution in [0.15, 0.2) is 21.5 Å². The third-order valence-electron chi connectivity index (χ3n) is 3.22. The van der Waals surface area contributed by atoms with Crippen molar-refractivity contribution in [1.82, 2.24) is 5.32 Å². The molecule has 0 aliphatic carbocycles. The van der Waals surface area contributed by atoms with Crippen LogP contribution >= 0.6 is 34.8 Å². The van der Waals surface area contributed by atoms with E-state index in [1.54, 1.807) is 6.92 Å². The van der Waals surface area contributed by atoms with Crippen molar-refractivity contribution in [2.24, 2.45) is 28.5 Å². The van der Waals surface area contributed by atoms with Crippen molar-refractivity contribution in [2.75, 3.05) is 11.9 Å². The Morgan fingerprint density at radius 2 is 2.10 bits per heavy atom. The highest BCUT2D eigenvalue weighted by atomic mass is 35.5. The van der Waals surface area contributed by atoms with Crippen LogP contribution in [-0.4, -0.2) is 29.6 Å². The molecule has 0 spiro atoms. The summed E-state index contributed by atoms with van der Waals surface area (Å²) in [7, 11) is 0. The van der Waals surface area contributed by atoms with E-state index < -0.39 is 6.35 Å². The first-order valence-corrected chi connectivity index (χ1v) is 8.26. The van der Waals surface area contributed by atoms with Crippen molar-refractivity contribution < 1.29 is 5.11 Å². The summed E-state index contributed by atoms with van der Waals surface area (Å²) in [4.78, 5) is 4.06. The number of halogens is 3. The number of aliphatic hydroxyl groups excluding tert-OH is 1. The molecule has 2 unspecified atom stereocenters. The molecule has 0 fully saturated rings. The minimum atomic E-state index is -1.14. The molecule has 4 atom stereocenters. The molecule has 21 heavy (non-hydrogen) atoms. The first-order chi connectivity index (χ1) is 9.87. The van der Waals surface area contributed by atoms with Crippen LogP contribution in [-0.2, 0) is 0 Å². The van der Waals surface area contributed by atoms with Gasteiger partial charge < -0.3 is 10.4 Å². The predicted molar refractivity (Wildman–Crippen MR) is 91.8 cm³/mol. The Labute approximate surface area is 142 Å². The number of hydrogen-bond acceptors (Lipinski definition) is 4. The molecule has 0 bridgehead atoms. The number of aliphatic hydroxyl groups is 1. The predicted octanol–water partition coefficient (Wildman–Crippen LogP) is 3.22. The van der Waals surface area contributed by atoms with Gasteiger partial charge in [-0.15, -0.1) is 23.2 Å². The topological polar surface area (TPSA) is 70.6 Å². The number of nitrogens with two attached hydrogens (primary N) is 1. The van der Waals surface area contributed by atoms with Gasteiger partial charge in [-0.3, -0.25) is 10.7 Å². The molecule has 0 aliphatic heterocycles. The van der Waals surface area contributed by atoms with Gasteiger partial charge in [0.05, 0.1) is 10.7 Å². The van der Waals surface area contributed by atoms with Crippen molar-refractivity contribution in [1.29, 1.82) is 0 Å². The molecule has 122 valence electrons. The van der Waals surface area contributed by atoms with Gasteiger partial charge in [0.1, 0.15) is 6.00 Å². The van der Waals surface area contributed by atoms with E-state index in [-0.39, 0.29) is 23.8 Å². The van der Waals surface area contributed by atoms with E-state index in [1.165, 1.54) is 0 Å². The molecular weight excluding hydrogens is 333 g/mol. The summed E-state index contributed by atoms with van der Waals surface area (Å²) in [6.07, 6.45) is 1.49. The molecule has 0 saturated carbocycles. The Bertz CT molecular complexity index is 393. The first-order valence-electron chi connectivity index (χ1n) is 6.82. The number of nitrogens with zero attached hydrogens (tertiary/aromatic N) is 1. The fourth-order valence-corrected chi connectivity index (χ4v) is 3.16. The number of rotatable bonds is 9. The molecule has 4 N–H and O–H groups in total. The van der Waals surface area contributed by atoms with Gasteiger partial charge in [0.15, 0.2) is 6.35 Å². The van der Waals surface area contributed by atoms with E-state index in [9.17, 15) is 0 Å². The summed E-state index contributed by atoms with van der Waals surface area (Å²) in [6, 6.07) is 0.233. The minimum Gasteiger partial charge on any atom is -0.361 e. The molecule has 0 aromatic carbocycles. The van der Waals surface area contributed by atoms with E-state index in [2.05, 4.69) is 16.0 Å². The molecule has 0 aromatic heterocycles. The van der Waals surface area contributed by atoms with Gasteiger partial charge >= 0.3 is 0 Å². The lowest BCUT2D eigenvalue weighted by Gasteiger charge is -2.26. The molecule has 7 heteroatoms. The monoisotopic (exact) mass is 355 g/mol. The van der Waals surface area contributed by atoms with Crippen LogP contribution in [0.25, 0.3) is 0 Å². The zero-order valence-electron chi connectivity index (χ0n) is 12.6. The second-order valence-corrected chi connectivity index (χ2v) is 5.79. The maximum Gasteiger partial charge on any atom is 0.179 e. The van der Waals surface area contributed by atoms with Gasteiger partial charge in [-0.2, -0.15) is 0 Å². The Kier molecular flexibility index (Phi) is 11.2. The van der Waals surface area contributed by atoms with E-state index in [0.717, 1.165) is 6.42 Å². The summed E-state index contributed by atoms with van der Waals surface area (Å²) < 4.78 is 0. The number of aliphatic imine (C=N–C) groups is 1. The number of alkyl halides is 2. The zero-order valence-corrected chi connectivity index (χ0v) is 14.9. The lowest BCUT2D eigenvalue weighted by Crippen LogP contribution is -2.35. The maximum atomic E-state index is 9.07. The number of hydrogen-bond donors (Lipinski definition) is 3. The van der Waals surface area contributed by atoms with Crippen LogP contribution in [0.1, 0.15) is 27.2 Å². The second kappa shape index (κ2) is 11.4. The summed E-state index contributed by atoms with van der Waals surface area (Å²) in [5.74, 6) is 0.777. The fraction of sp³-hybridized carbons (Fsp3) is 0.714. The molecule has 0 amide bonds. The highest BCUT2D eigenvalue weighted by molar-refractivity contribution is 6.29. The molecule has 0 saturated heterocycles. The SMILES string of the molecule is CC[C@H](C(Cl)=C=C(C)NC(N)O)C(CCl)[C@@H](C)/C=N\CCl. The molecule has 0 radical (unpaired) electrons. The average molecular weight is 357 g/mol. The van der Waals surface area contributed by atoms with Gasteiger partial charge in [-0.25, -0.2) is 0 Å². The van der Waals surface area contributed by atoms with Crippen LogP contribution in [0.3, 0.4) is 0 Å². The largest absolute Gasteiger partial charge is 0.361 e. The van der Waals surface area contributed by atoms with E-state index in [4.69, 9.17) is 45.6 Å². The molecule has 0 heterocycles. The molecule has 0 rings (SSSR count). The smallest absolute Gasteiger partial charge is 0.179 e. The Morgan fingerprint density at radius 3 is 2.52 bits per heavy atom. The highest BCUT2D eigenvalue weighted by Gasteiger charge is 2.26. The first kappa shape index (κ1) is 20.8. The number of nitrogens with one attached hydrogen (secondary N) is 1. The van der Waals surface area contributed by atoms with Gasteiger partial charge in [-0.05, 0) is 25.2 Å². The average Bonchev–Trinajstić information content (AvgIpc) is 2.40. The zero-order chi connectivity index (χ0) is 16.4. The highest BCUT2D eigenvalue weighted by Crippen LogP contribution is 2.32. The van der Waals surface area contributed by atoms with E-state index in [1.807, 2.05) is 20.1 Å². The Balaban J connectivity index is 5.26. The van der Waals surface area contributed by atoms with Crippen LogP contribution in [0.4, 0.5) is 0 Å². The second-order valence-electron chi connectivity index (χ2n) is 4.83. The van der Waals surface area contributed by atoms with E-state index in [0.29, 0.717) is 16.6 Å². The van der Waals surface area contributed by atoms with Crippen LogP contribution in [0.2, 0.25) is 0 Å². The van der Waals surface area contributed by atoms with Gasteiger partial charge in [0.25, 0.3) is 0 Å². The Morgan fingerprint density at radius 1 is 1.48 bits per heavy atom. The third kappa shape index (κ3) is 8.10. The minimum absolute atomic E-state index is 0.0487. The standard InChI is InChI=1S/C14H24Cl3N3O/c1-4-11(12(6-15)9(2)7-19-8-16)13(17)5-10(3)20-14(18)21/h7,9,11-12,14,20-21H,4,6,8,18H2,1-3H3/b19-7-/t5?,9-,11-,12?,14?/m0/s1. The van der Waals surface area contributed by atoms with Crippen LogP contribution in [0.5, 0.6) is 0 Å². The van der Waals surface area contributed by atoms with Gasteiger partial charge in [-0.1, -0.05) is 31.2 Å². The molecular formula is C14H24Cl3N3O. The quantitative estimate of drug-likeness (QED) is 0.195. The molecule has 0 aromatic rings. The normalized spacial score (nSPS) is 17.0. The van der Waals surface area contributed by atoms with Crippen molar-refractivity contribution >= 4 is 41.0 Å². The van der Waals surface area contributed by atoms with Crippen molar-refractivity contribution in [3.05, 3.63) is 16.5 Å². The summed E-state index contributed by atoms with van der Waals surface area (Å²) in [5.41, 5.74) is 8.83. The number of allylic oxidation sites excluding steroid dienone is 1. The fourth-order valence-electron chi connectivity index (χ4n) is 2.13. The summed E-state index contributed by atoms with van der Waals surface area (Å²) in [5, 5.41) is 12.3. The lowest BCUT2D eigenvalue weighted by molar-refractivity contribution is 0.157. The van der Waals surface area contributed by atoms with Gasteiger partial charge in [0.2, 0.25) is 0 Å². The Hall–Kier alpha value is -0.220. The van der Waals surface area contributed by atoms with Crippen molar-refractivity contribution in [3.8, 4) is 0 Å². The van der Waals surface area contributed by atoms with Crippen molar-refractivity contribution in [3.63, 3.8) is 0 Å². The van der Waals surface area contributed by atoms with E-state index >= 15 is 0 Å². The maximum absolute atomic E-state index is 9.07. The van der Waals surface area contributed by atoms with Crippen LogP contribution < -0.4 is 11.1 Å². The summed E-state index contributed by atoms with van der Waals surface area (Å²) >= 11 is 18.0. The van der Waals surface area contributed by atoms with Gasteiger partial charge in [0, 0.05) is 18.0 Å². The third-order valence-corrected chi connectivity index (χ3v) is 4.09. The lowest BCUT2D eigenvalue weighted by atomic mass is 9.82.